The molecule has 1 fully saturated rings. The lowest BCUT2D eigenvalue weighted by Gasteiger charge is -2.32. The van der Waals surface area contributed by atoms with Crippen molar-refractivity contribution in [1.29, 1.82) is 0 Å². The Morgan fingerprint density at radius 1 is 1.15 bits per heavy atom. The van der Waals surface area contributed by atoms with Gasteiger partial charge in [0.2, 0.25) is 5.91 Å². The van der Waals surface area contributed by atoms with Crippen LogP contribution in [-0.2, 0) is 28.3 Å². The van der Waals surface area contributed by atoms with Crippen LogP contribution < -0.4 is 4.90 Å². The number of carbonyl (C=O) groups is 1. The molecule has 1 saturated heterocycles. The first-order valence-corrected chi connectivity index (χ1v) is 10.3. The number of hydrogen-bond donors (Lipinski definition) is 0. The van der Waals surface area contributed by atoms with Gasteiger partial charge in [-0.2, -0.15) is 4.31 Å². The van der Waals surface area contributed by atoms with Crippen LogP contribution in [-0.4, -0.2) is 47.8 Å². The van der Waals surface area contributed by atoms with Crippen molar-refractivity contribution in [2.45, 2.75) is 24.3 Å². The summed E-state index contributed by atoms with van der Waals surface area (Å²) in [7, 11) is -1.84. The van der Waals surface area contributed by atoms with Crippen molar-refractivity contribution in [3.8, 4) is 0 Å². The third-order valence-corrected chi connectivity index (χ3v) is 7.03. The lowest BCUT2D eigenvalue weighted by Crippen LogP contribution is -2.44. The molecule has 0 spiro atoms. The molecule has 0 saturated carbocycles. The summed E-state index contributed by atoms with van der Waals surface area (Å²) in [5, 5.41) is 0.0678. The number of benzene rings is 1. The molecule has 0 N–H and O–H groups in total. The number of para-hydroxylation sites is 1. The summed E-state index contributed by atoms with van der Waals surface area (Å²) in [6.07, 6.45) is 4.96. The Balaban J connectivity index is 1.43. The Morgan fingerprint density at radius 2 is 1.88 bits per heavy atom. The normalized spacial score (nSPS) is 18.9. The van der Waals surface area contributed by atoms with Crippen LogP contribution in [0.5, 0.6) is 0 Å². The molecular formula is C18H22N4O3S. The van der Waals surface area contributed by atoms with Crippen molar-refractivity contribution in [2.24, 2.45) is 13.0 Å². The SMILES string of the molecule is Cn1cnc(S(=O)(=O)N2CCC(C(=O)N3CCc4ccccc43)CC2)c1. The van der Waals surface area contributed by atoms with Gasteiger partial charge in [0.25, 0.3) is 10.0 Å². The summed E-state index contributed by atoms with van der Waals surface area (Å²) >= 11 is 0. The minimum atomic E-state index is -3.58. The van der Waals surface area contributed by atoms with E-state index in [4.69, 9.17) is 0 Å². The van der Waals surface area contributed by atoms with E-state index in [1.54, 1.807) is 11.6 Å². The largest absolute Gasteiger partial charge is 0.339 e. The summed E-state index contributed by atoms with van der Waals surface area (Å²) in [5.41, 5.74) is 2.21. The molecule has 8 heteroatoms. The number of aromatic nitrogens is 2. The Bertz CT molecular complexity index is 929. The van der Waals surface area contributed by atoms with E-state index in [0.29, 0.717) is 32.5 Å². The smallest absolute Gasteiger partial charge is 0.262 e. The number of piperidine rings is 1. The molecule has 1 aromatic heterocycles. The highest BCUT2D eigenvalue weighted by Gasteiger charge is 2.36. The molecular weight excluding hydrogens is 352 g/mol. The first-order chi connectivity index (χ1) is 12.5. The molecule has 7 nitrogen and oxygen atoms in total. The molecule has 1 aromatic carbocycles. The van der Waals surface area contributed by atoms with E-state index in [1.165, 1.54) is 22.4 Å². The zero-order valence-electron chi connectivity index (χ0n) is 14.7. The zero-order chi connectivity index (χ0) is 18.3. The highest BCUT2D eigenvalue weighted by molar-refractivity contribution is 7.89. The topological polar surface area (TPSA) is 75.5 Å². The number of anilines is 1. The number of rotatable bonds is 3. The molecule has 0 atom stereocenters. The molecule has 0 bridgehead atoms. The van der Waals surface area contributed by atoms with Gasteiger partial charge in [0.05, 0.1) is 6.33 Å². The summed E-state index contributed by atoms with van der Waals surface area (Å²) in [6.45, 7) is 1.42. The number of amides is 1. The van der Waals surface area contributed by atoms with Crippen molar-refractivity contribution in [2.75, 3.05) is 24.5 Å². The van der Waals surface area contributed by atoms with Crippen LogP contribution in [0.3, 0.4) is 0 Å². The van der Waals surface area contributed by atoms with Gasteiger partial charge in [0.15, 0.2) is 5.03 Å². The second-order valence-electron chi connectivity index (χ2n) is 6.92. The van der Waals surface area contributed by atoms with Crippen LogP contribution >= 0.6 is 0 Å². The molecule has 0 radical (unpaired) electrons. The van der Waals surface area contributed by atoms with Gasteiger partial charge in [-0.15, -0.1) is 0 Å². The monoisotopic (exact) mass is 374 g/mol. The lowest BCUT2D eigenvalue weighted by atomic mass is 9.96. The quantitative estimate of drug-likeness (QED) is 0.814. The second-order valence-corrected chi connectivity index (χ2v) is 8.81. The fourth-order valence-corrected chi connectivity index (χ4v) is 5.22. The van der Waals surface area contributed by atoms with E-state index in [0.717, 1.165) is 12.1 Å². The molecule has 2 aliphatic heterocycles. The third kappa shape index (κ3) is 2.93. The van der Waals surface area contributed by atoms with Gasteiger partial charge >= 0.3 is 0 Å². The molecule has 2 aromatic rings. The standard InChI is InChI=1S/C18H22N4O3S/c1-20-12-17(19-13-20)26(24,25)21-9-6-15(7-10-21)18(23)22-11-8-14-4-2-3-5-16(14)22/h2-5,12-13,15H,6-11H2,1H3. The van der Waals surface area contributed by atoms with Gasteiger partial charge in [0, 0.05) is 44.5 Å². The average molecular weight is 374 g/mol. The summed E-state index contributed by atoms with van der Waals surface area (Å²) in [4.78, 5) is 18.8. The zero-order valence-corrected chi connectivity index (χ0v) is 15.5. The van der Waals surface area contributed by atoms with E-state index in [9.17, 15) is 13.2 Å². The number of fused-ring (bicyclic) bond motifs is 1. The first kappa shape index (κ1) is 17.2. The Hall–Kier alpha value is -2.19. The van der Waals surface area contributed by atoms with Crippen LogP contribution in [0.15, 0.2) is 41.8 Å². The van der Waals surface area contributed by atoms with E-state index in [-0.39, 0.29) is 16.9 Å². The molecule has 138 valence electrons. The van der Waals surface area contributed by atoms with Gasteiger partial charge in [-0.3, -0.25) is 4.79 Å². The van der Waals surface area contributed by atoms with E-state index in [1.807, 2.05) is 23.1 Å². The number of carbonyl (C=O) groups excluding carboxylic acids is 1. The maximum Gasteiger partial charge on any atom is 0.262 e. The van der Waals surface area contributed by atoms with E-state index in [2.05, 4.69) is 11.1 Å². The van der Waals surface area contributed by atoms with Gasteiger partial charge < -0.3 is 9.47 Å². The molecule has 1 amide bonds. The Labute approximate surface area is 153 Å². The highest BCUT2D eigenvalue weighted by atomic mass is 32.2. The van der Waals surface area contributed by atoms with Gasteiger partial charge in [-0.25, -0.2) is 13.4 Å². The van der Waals surface area contributed by atoms with Crippen LogP contribution in [0.2, 0.25) is 0 Å². The Morgan fingerprint density at radius 3 is 2.58 bits per heavy atom. The van der Waals surface area contributed by atoms with Crippen molar-refractivity contribution in [3.05, 3.63) is 42.4 Å². The first-order valence-electron chi connectivity index (χ1n) is 8.84. The number of nitrogens with zero attached hydrogens (tertiary/aromatic N) is 4. The number of sulfonamides is 1. The number of aryl methyl sites for hydroxylation is 1. The van der Waals surface area contributed by atoms with Crippen molar-refractivity contribution < 1.29 is 13.2 Å². The molecule has 26 heavy (non-hydrogen) atoms. The Kier molecular flexibility index (Phi) is 4.32. The third-order valence-electron chi connectivity index (χ3n) is 5.24. The molecule has 4 rings (SSSR count). The van der Waals surface area contributed by atoms with Crippen molar-refractivity contribution in [1.82, 2.24) is 13.9 Å². The van der Waals surface area contributed by atoms with E-state index < -0.39 is 10.0 Å². The minimum absolute atomic E-state index is 0.0678. The molecule has 3 heterocycles. The summed E-state index contributed by atoms with van der Waals surface area (Å²) in [5.74, 6) is -0.0128. The van der Waals surface area contributed by atoms with Gasteiger partial charge in [-0.1, -0.05) is 18.2 Å². The summed E-state index contributed by atoms with van der Waals surface area (Å²) in [6, 6.07) is 7.99. The van der Waals surface area contributed by atoms with Gasteiger partial charge in [-0.05, 0) is 30.9 Å². The summed E-state index contributed by atoms with van der Waals surface area (Å²) < 4.78 is 28.4. The predicted molar refractivity (Wildman–Crippen MR) is 97.2 cm³/mol. The second kappa shape index (κ2) is 6.51. The predicted octanol–water partition coefficient (Wildman–Crippen LogP) is 1.41. The lowest BCUT2D eigenvalue weighted by molar-refractivity contribution is -0.123. The average Bonchev–Trinajstić information content (AvgIpc) is 3.28. The van der Waals surface area contributed by atoms with Crippen LogP contribution in [0, 0.1) is 5.92 Å². The van der Waals surface area contributed by atoms with Crippen LogP contribution in [0.1, 0.15) is 18.4 Å². The van der Waals surface area contributed by atoms with Crippen molar-refractivity contribution >= 4 is 21.6 Å². The maximum atomic E-state index is 12.9. The molecule has 0 aliphatic carbocycles. The minimum Gasteiger partial charge on any atom is -0.339 e. The van der Waals surface area contributed by atoms with Crippen molar-refractivity contribution in [3.63, 3.8) is 0 Å². The number of imidazole rings is 1. The fraction of sp³-hybridized carbons (Fsp3) is 0.444. The maximum absolute atomic E-state index is 12.9. The molecule has 2 aliphatic rings. The highest BCUT2D eigenvalue weighted by Crippen LogP contribution is 2.31. The van der Waals surface area contributed by atoms with Gasteiger partial charge in [0.1, 0.15) is 0 Å². The fourth-order valence-electron chi connectivity index (χ4n) is 3.78. The number of hydrogen-bond acceptors (Lipinski definition) is 4. The van der Waals surface area contributed by atoms with Crippen LogP contribution in [0.4, 0.5) is 5.69 Å². The molecule has 0 unspecified atom stereocenters. The van der Waals surface area contributed by atoms with E-state index >= 15 is 0 Å². The van der Waals surface area contributed by atoms with Crippen LogP contribution in [0.25, 0.3) is 0 Å².